The van der Waals surface area contributed by atoms with E-state index in [0.717, 1.165) is 5.56 Å². The molecule has 0 aliphatic heterocycles. The third-order valence-corrected chi connectivity index (χ3v) is 3.08. The second-order valence-corrected chi connectivity index (χ2v) is 4.57. The minimum absolute atomic E-state index is 0.359. The quantitative estimate of drug-likeness (QED) is 0.693. The van der Waals surface area contributed by atoms with E-state index in [-0.39, 0.29) is 5.97 Å². The topological polar surface area (TPSA) is 61.5 Å². The first-order chi connectivity index (χ1) is 9.60. The maximum atomic E-state index is 11.3. The van der Waals surface area contributed by atoms with Crippen LogP contribution in [-0.2, 0) is 11.3 Å². The van der Waals surface area contributed by atoms with Crippen LogP contribution in [-0.4, -0.2) is 13.1 Å². The van der Waals surface area contributed by atoms with Crippen molar-refractivity contribution in [3.8, 4) is 5.75 Å². The van der Waals surface area contributed by atoms with E-state index in [4.69, 9.17) is 22.1 Å². The molecule has 0 amide bonds. The van der Waals surface area contributed by atoms with Crippen LogP contribution in [0.15, 0.2) is 42.5 Å². The molecule has 4 nitrogen and oxygen atoms in total. The normalized spacial score (nSPS) is 10.1. The van der Waals surface area contributed by atoms with Gasteiger partial charge in [0.2, 0.25) is 0 Å². The third kappa shape index (κ3) is 3.42. The number of hydrogen-bond donors (Lipinski definition) is 1. The molecule has 0 unspecified atom stereocenters. The molecule has 0 atom stereocenters. The molecule has 2 aromatic rings. The number of anilines is 1. The smallest absolute Gasteiger partial charge is 0.337 e. The number of benzene rings is 2. The Bertz CT molecular complexity index is 611. The molecule has 5 heteroatoms. The molecule has 0 saturated heterocycles. The summed E-state index contributed by atoms with van der Waals surface area (Å²) in [5, 5.41) is 0.462. The predicted molar refractivity (Wildman–Crippen MR) is 78.0 cm³/mol. The van der Waals surface area contributed by atoms with Crippen LogP contribution in [0.4, 0.5) is 5.69 Å². The number of esters is 1. The summed E-state index contributed by atoms with van der Waals surface area (Å²) in [4.78, 5) is 11.3. The lowest BCUT2D eigenvalue weighted by molar-refractivity contribution is 0.0600. The SMILES string of the molecule is COC(=O)c1ccc(COc2ccc(N)c(Cl)c2)cc1. The molecule has 0 aliphatic rings. The highest BCUT2D eigenvalue weighted by Gasteiger charge is 2.05. The molecule has 20 heavy (non-hydrogen) atoms. The molecule has 0 saturated carbocycles. The first-order valence-corrected chi connectivity index (χ1v) is 6.33. The summed E-state index contributed by atoms with van der Waals surface area (Å²) < 4.78 is 10.2. The molecular formula is C15H14ClNO3. The number of carbonyl (C=O) groups is 1. The first kappa shape index (κ1) is 14.2. The van der Waals surface area contributed by atoms with E-state index >= 15 is 0 Å². The molecule has 0 radical (unpaired) electrons. The van der Waals surface area contributed by atoms with E-state index in [1.54, 1.807) is 30.3 Å². The molecule has 0 heterocycles. The van der Waals surface area contributed by atoms with Gasteiger partial charge in [0.05, 0.1) is 23.4 Å². The first-order valence-electron chi connectivity index (χ1n) is 5.95. The number of carbonyl (C=O) groups excluding carboxylic acids is 1. The van der Waals surface area contributed by atoms with Crippen LogP contribution < -0.4 is 10.5 Å². The van der Waals surface area contributed by atoms with Gasteiger partial charge in [-0.3, -0.25) is 0 Å². The third-order valence-electron chi connectivity index (χ3n) is 2.75. The van der Waals surface area contributed by atoms with Crippen LogP contribution in [0.5, 0.6) is 5.75 Å². The number of ether oxygens (including phenoxy) is 2. The Hall–Kier alpha value is -2.20. The Morgan fingerprint density at radius 1 is 1.20 bits per heavy atom. The summed E-state index contributed by atoms with van der Waals surface area (Å²) in [7, 11) is 1.35. The molecule has 2 aromatic carbocycles. The van der Waals surface area contributed by atoms with Gasteiger partial charge in [-0.25, -0.2) is 4.79 Å². The number of methoxy groups -OCH3 is 1. The van der Waals surface area contributed by atoms with Crippen molar-refractivity contribution in [3.05, 3.63) is 58.6 Å². The van der Waals surface area contributed by atoms with Gasteiger partial charge in [0.15, 0.2) is 0 Å². The predicted octanol–water partition coefficient (Wildman–Crippen LogP) is 3.29. The van der Waals surface area contributed by atoms with E-state index in [1.807, 2.05) is 12.1 Å². The second kappa shape index (κ2) is 6.30. The average molecular weight is 292 g/mol. The Kier molecular flexibility index (Phi) is 4.48. The van der Waals surface area contributed by atoms with Crippen molar-refractivity contribution < 1.29 is 14.3 Å². The van der Waals surface area contributed by atoms with Crippen molar-refractivity contribution in [3.63, 3.8) is 0 Å². The van der Waals surface area contributed by atoms with Gasteiger partial charge in [-0.1, -0.05) is 23.7 Å². The van der Waals surface area contributed by atoms with Crippen molar-refractivity contribution >= 4 is 23.3 Å². The highest BCUT2D eigenvalue weighted by Crippen LogP contribution is 2.24. The van der Waals surface area contributed by atoms with Crippen LogP contribution >= 0.6 is 11.6 Å². The van der Waals surface area contributed by atoms with E-state index in [0.29, 0.717) is 28.6 Å². The maximum absolute atomic E-state index is 11.3. The van der Waals surface area contributed by atoms with E-state index in [9.17, 15) is 4.79 Å². The van der Waals surface area contributed by atoms with Crippen molar-refractivity contribution in [2.45, 2.75) is 6.61 Å². The fourth-order valence-corrected chi connectivity index (χ4v) is 1.79. The van der Waals surface area contributed by atoms with Gasteiger partial charge < -0.3 is 15.2 Å². The Labute approximate surface area is 122 Å². The fourth-order valence-electron chi connectivity index (χ4n) is 1.62. The number of rotatable bonds is 4. The summed E-state index contributed by atoms with van der Waals surface area (Å²) in [5.74, 6) is 0.282. The van der Waals surface area contributed by atoms with Gasteiger partial charge >= 0.3 is 5.97 Å². The summed E-state index contributed by atoms with van der Waals surface area (Å²) in [6.07, 6.45) is 0. The van der Waals surface area contributed by atoms with Gasteiger partial charge in [-0.2, -0.15) is 0 Å². The van der Waals surface area contributed by atoms with E-state index < -0.39 is 0 Å². The van der Waals surface area contributed by atoms with Crippen LogP contribution in [0.2, 0.25) is 5.02 Å². The summed E-state index contributed by atoms with van der Waals surface area (Å²) in [6.45, 7) is 0.377. The summed E-state index contributed by atoms with van der Waals surface area (Å²) in [6, 6.07) is 12.1. The van der Waals surface area contributed by atoms with Gasteiger partial charge in [-0.05, 0) is 29.8 Å². The van der Waals surface area contributed by atoms with Gasteiger partial charge in [0.25, 0.3) is 0 Å². The zero-order valence-electron chi connectivity index (χ0n) is 10.9. The molecule has 0 bridgehead atoms. The van der Waals surface area contributed by atoms with Crippen molar-refractivity contribution in [2.24, 2.45) is 0 Å². The molecule has 104 valence electrons. The second-order valence-electron chi connectivity index (χ2n) is 4.16. The molecule has 0 aromatic heterocycles. The van der Waals surface area contributed by atoms with Crippen molar-refractivity contribution in [2.75, 3.05) is 12.8 Å². The Morgan fingerprint density at radius 3 is 2.50 bits per heavy atom. The van der Waals surface area contributed by atoms with Crippen LogP contribution in [0.1, 0.15) is 15.9 Å². The minimum atomic E-state index is -0.359. The molecule has 0 spiro atoms. The lowest BCUT2D eigenvalue weighted by Gasteiger charge is -2.08. The standard InChI is InChI=1S/C15H14ClNO3/c1-19-15(18)11-4-2-10(3-5-11)9-20-12-6-7-14(17)13(16)8-12/h2-8H,9,17H2,1H3. The van der Waals surface area contributed by atoms with Gasteiger partial charge in [-0.15, -0.1) is 0 Å². The zero-order valence-corrected chi connectivity index (χ0v) is 11.7. The lowest BCUT2D eigenvalue weighted by Crippen LogP contribution is -2.02. The fraction of sp³-hybridized carbons (Fsp3) is 0.133. The monoisotopic (exact) mass is 291 g/mol. The molecule has 0 aliphatic carbocycles. The average Bonchev–Trinajstić information content (AvgIpc) is 2.48. The number of halogens is 1. The van der Waals surface area contributed by atoms with Crippen LogP contribution in [0.25, 0.3) is 0 Å². The largest absolute Gasteiger partial charge is 0.489 e. The van der Waals surface area contributed by atoms with Gasteiger partial charge in [0, 0.05) is 6.07 Å². The molecular weight excluding hydrogens is 278 g/mol. The van der Waals surface area contributed by atoms with Crippen LogP contribution in [0, 0.1) is 0 Å². The minimum Gasteiger partial charge on any atom is -0.489 e. The number of nitrogen functional groups attached to an aromatic ring is 1. The Morgan fingerprint density at radius 2 is 1.90 bits per heavy atom. The van der Waals surface area contributed by atoms with Gasteiger partial charge in [0.1, 0.15) is 12.4 Å². The molecule has 2 N–H and O–H groups in total. The van der Waals surface area contributed by atoms with E-state index in [1.165, 1.54) is 7.11 Å². The van der Waals surface area contributed by atoms with Crippen LogP contribution in [0.3, 0.4) is 0 Å². The summed E-state index contributed by atoms with van der Waals surface area (Å²) in [5.41, 5.74) is 7.58. The highest BCUT2D eigenvalue weighted by molar-refractivity contribution is 6.33. The number of nitrogens with two attached hydrogens (primary N) is 1. The van der Waals surface area contributed by atoms with E-state index in [2.05, 4.69) is 4.74 Å². The Balaban J connectivity index is 2.00. The highest BCUT2D eigenvalue weighted by atomic mass is 35.5. The zero-order chi connectivity index (χ0) is 14.5. The molecule has 0 fully saturated rings. The van der Waals surface area contributed by atoms with Crippen molar-refractivity contribution in [1.29, 1.82) is 0 Å². The maximum Gasteiger partial charge on any atom is 0.337 e. The lowest BCUT2D eigenvalue weighted by atomic mass is 10.1. The number of hydrogen-bond acceptors (Lipinski definition) is 4. The molecule has 2 rings (SSSR count). The van der Waals surface area contributed by atoms with Crippen molar-refractivity contribution in [1.82, 2.24) is 0 Å². The summed E-state index contributed by atoms with van der Waals surface area (Å²) >= 11 is 5.91.